The molecule has 3 nitrogen and oxygen atoms in total. The van der Waals surface area contributed by atoms with Gasteiger partial charge in [0.25, 0.3) is 0 Å². The van der Waals surface area contributed by atoms with Crippen LogP contribution in [-0.2, 0) is 0 Å². The average molecular weight is 259 g/mol. The zero-order valence-electron chi connectivity index (χ0n) is 12.3. The quantitative estimate of drug-likeness (QED) is 0.472. The molecular weight excluding hydrogens is 226 g/mol. The summed E-state index contributed by atoms with van der Waals surface area (Å²) < 4.78 is 0. The Balaban J connectivity index is 3.16. The average Bonchev–Trinajstić information content (AvgIpc) is 2.35. The van der Waals surface area contributed by atoms with Gasteiger partial charge in [0.15, 0.2) is 0 Å². The van der Waals surface area contributed by atoms with E-state index in [4.69, 9.17) is 10.8 Å². The fraction of sp³-hybridized carbons (Fsp3) is 1.00. The van der Waals surface area contributed by atoms with Crippen molar-refractivity contribution in [1.82, 2.24) is 0 Å². The van der Waals surface area contributed by atoms with E-state index in [-0.39, 0.29) is 6.61 Å². The maximum absolute atomic E-state index is 9.56. The molecule has 0 aliphatic rings. The van der Waals surface area contributed by atoms with E-state index in [1.165, 1.54) is 44.9 Å². The van der Waals surface area contributed by atoms with Crippen molar-refractivity contribution in [1.29, 1.82) is 0 Å². The maximum atomic E-state index is 9.56. The van der Waals surface area contributed by atoms with E-state index in [2.05, 4.69) is 13.8 Å². The molecule has 2 atom stereocenters. The number of nitrogens with two attached hydrogens (primary N) is 1. The second kappa shape index (κ2) is 11.9. The van der Waals surface area contributed by atoms with Gasteiger partial charge in [-0.3, -0.25) is 0 Å². The molecule has 0 unspecified atom stereocenters. The Hall–Kier alpha value is -0.120. The second-order valence-corrected chi connectivity index (χ2v) is 5.86. The van der Waals surface area contributed by atoms with Gasteiger partial charge in [-0.2, -0.15) is 0 Å². The van der Waals surface area contributed by atoms with E-state index in [1.807, 2.05) is 0 Å². The van der Waals surface area contributed by atoms with Crippen LogP contribution in [0.2, 0.25) is 0 Å². The molecule has 0 bridgehead atoms. The van der Waals surface area contributed by atoms with Crippen LogP contribution in [0.15, 0.2) is 0 Å². The van der Waals surface area contributed by atoms with Crippen LogP contribution in [-0.4, -0.2) is 29.0 Å². The number of aliphatic hydroxyl groups excluding tert-OH is 2. The van der Waals surface area contributed by atoms with E-state index in [9.17, 15) is 5.11 Å². The highest BCUT2D eigenvalue weighted by molar-refractivity contribution is 4.70. The molecule has 0 saturated carbocycles. The Morgan fingerprint density at radius 2 is 1.28 bits per heavy atom. The molecule has 0 aromatic carbocycles. The lowest BCUT2D eigenvalue weighted by molar-refractivity contribution is 0.0990. The molecule has 0 aliphatic heterocycles. The molecule has 0 saturated heterocycles. The van der Waals surface area contributed by atoms with Crippen molar-refractivity contribution in [3.8, 4) is 0 Å². The predicted octanol–water partition coefficient (Wildman–Crippen LogP) is 2.83. The molecular formula is C15H33NO2. The van der Waals surface area contributed by atoms with Crippen molar-refractivity contribution >= 4 is 0 Å². The highest BCUT2D eigenvalue weighted by Gasteiger charge is 2.12. The monoisotopic (exact) mass is 259 g/mol. The number of hydrogen-bond donors (Lipinski definition) is 3. The molecule has 0 fully saturated rings. The van der Waals surface area contributed by atoms with Gasteiger partial charge in [0.2, 0.25) is 0 Å². The number of hydrogen-bond acceptors (Lipinski definition) is 3. The van der Waals surface area contributed by atoms with Gasteiger partial charge >= 0.3 is 0 Å². The zero-order valence-corrected chi connectivity index (χ0v) is 12.3. The third kappa shape index (κ3) is 11.0. The lowest BCUT2D eigenvalue weighted by Gasteiger charge is -2.15. The Morgan fingerprint density at radius 1 is 0.833 bits per heavy atom. The maximum Gasteiger partial charge on any atom is 0.0713 e. The Bertz CT molecular complexity index is 174. The summed E-state index contributed by atoms with van der Waals surface area (Å²) in [6, 6.07) is -0.471. The van der Waals surface area contributed by atoms with Gasteiger partial charge in [0, 0.05) is 0 Å². The smallest absolute Gasteiger partial charge is 0.0713 e. The van der Waals surface area contributed by atoms with E-state index in [0.717, 1.165) is 18.8 Å². The van der Waals surface area contributed by atoms with Crippen LogP contribution in [0.3, 0.4) is 0 Å². The first-order valence-electron chi connectivity index (χ1n) is 7.62. The van der Waals surface area contributed by atoms with Crippen LogP contribution < -0.4 is 5.73 Å². The minimum absolute atomic E-state index is 0.128. The third-order valence-electron chi connectivity index (χ3n) is 3.49. The van der Waals surface area contributed by atoms with Crippen LogP contribution in [0.4, 0.5) is 0 Å². The first-order chi connectivity index (χ1) is 8.57. The van der Waals surface area contributed by atoms with Gasteiger partial charge in [-0.1, -0.05) is 65.2 Å². The van der Waals surface area contributed by atoms with E-state index >= 15 is 0 Å². The molecule has 0 rings (SSSR count). The minimum atomic E-state index is -0.541. The zero-order chi connectivity index (χ0) is 13.8. The molecule has 3 heteroatoms. The van der Waals surface area contributed by atoms with Crippen molar-refractivity contribution in [3.63, 3.8) is 0 Å². The van der Waals surface area contributed by atoms with E-state index in [1.54, 1.807) is 0 Å². The first kappa shape index (κ1) is 17.9. The van der Waals surface area contributed by atoms with Crippen LogP contribution in [0.5, 0.6) is 0 Å². The van der Waals surface area contributed by atoms with Gasteiger partial charge in [0.1, 0.15) is 0 Å². The van der Waals surface area contributed by atoms with Gasteiger partial charge in [-0.25, -0.2) is 0 Å². The lowest BCUT2D eigenvalue weighted by Crippen LogP contribution is -2.37. The van der Waals surface area contributed by atoms with Crippen molar-refractivity contribution in [2.24, 2.45) is 11.7 Å². The molecule has 0 spiro atoms. The summed E-state index contributed by atoms with van der Waals surface area (Å²) in [5.74, 6) is 0.835. The number of unbranched alkanes of at least 4 members (excludes halogenated alkanes) is 6. The van der Waals surface area contributed by atoms with Crippen molar-refractivity contribution in [2.45, 2.75) is 83.8 Å². The molecule has 0 aliphatic carbocycles. The number of aliphatic hydroxyl groups is 2. The summed E-state index contributed by atoms with van der Waals surface area (Å²) >= 11 is 0. The Kier molecular flexibility index (Phi) is 11.9. The summed E-state index contributed by atoms with van der Waals surface area (Å²) in [6.07, 6.45) is 10.3. The van der Waals surface area contributed by atoms with Gasteiger partial charge in [-0.05, 0) is 12.3 Å². The summed E-state index contributed by atoms with van der Waals surface area (Å²) in [5, 5.41) is 18.3. The van der Waals surface area contributed by atoms with E-state index < -0.39 is 12.1 Å². The molecule has 0 heterocycles. The van der Waals surface area contributed by atoms with Crippen molar-refractivity contribution < 1.29 is 10.2 Å². The summed E-state index contributed by atoms with van der Waals surface area (Å²) in [6.45, 7) is 4.43. The molecule has 0 radical (unpaired) electrons. The number of rotatable bonds is 12. The van der Waals surface area contributed by atoms with Crippen LogP contribution >= 0.6 is 0 Å². The molecule has 0 aromatic rings. The summed E-state index contributed by atoms with van der Waals surface area (Å²) in [4.78, 5) is 0. The van der Waals surface area contributed by atoms with Gasteiger partial charge in [-0.15, -0.1) is 0 Å². The molecule has 18 heavy (non-hydrogen) atoms. The summed E-state index contributed by atoms with van der Waals surface area (Å²) in [5.41, 5.74) is 5.54. The van der Waals surface area contributed by atoms with Crippen molar-refractivity contribution in [3.05, 3.63) is 0 Å². The van der Waals surface area contributed by atoms with Crippen molar-refractivity contribution in [2.75, 3.05) is 6.61 Å². The van der Waals surface area contributed by atoms with Crippen LogP contribution in [0.1, 0.15) is 71.6 Å². The normalized spacial score (nSPS) is 15.0. The van der Waals surface area contributed by atoms with Crippen LogP contribution in [0, 0.1) is 5.92 Å². The second-order valence-electron chi connectivity index (χ2n) is 5.86. The van der Waals surface area contributed by atoms with Gasteiger partial charge < -0.3 is 15.9 Å². The molecule has 0 amide bonds. The van der Waals surface area contributed by atoms with Crippen LogP contribution in [0.25, 0.3) is 0 Å². The first-order valence-corrected chi connectivity index (χ1v) is 7.62. The largest absolute Gasteiger partial charge is 0.395 e. The SMILES string of the molecule is CC(C)CCCCCCCCC[C@@H](O)[C@@H](N)CO. The topological polar surface area (TPSA) is 66.5 Å². The fourth-order valence-corrected chi connectivity index (χ4v) is 2.13. The highest BCUT2D eigenvalue weighted by atomic mass is 16.3. The minimum Gasteiger partial charge on any atom is -0.395 e. The fourth-order valence-electron chi connectivity index (χ4n) is 2.13. The van der Waals surface area contributed by atoms with Gasteiger partial charge in [0.05, 0.1) is 18.8 Å². The standard InChI is InChI=1S/C15H33NO2/c1-13(2)10-8-6-4-3-5-7-9-11-15(18)14(16)12-17/h13-15,17-18H,3-12,16H2,1-2H3/t14-,15+/m0/s1. The predicted molar refractivity (Wildman–Crippen MR) is 77.5 cm³/mol. The van der Waals surface area contributed by atoms with E-state index in [0.29, 0.717) is 0 Å². The molecule has 110 valence electrons. The highest BCUT2D eigenvalue weighted by Crippen LogP contribution is 2.13. The molecule has 4 N–H and O–H groups in total. The molecule has 0 aromatic heterocycles. The lowest BCUT2D eigenvalue weighted by atomic mass is 10.0. The Morgan fingerprint density at radius 3 is 1.72 bits per heavy atom. The Labute approximate surface area is 113 Å². The summed E-state index contributed by atoms with van der Waals surface area (Å²) in [7, 11) is 0. The third-order valence-corrected chi connectivity index (χ3v) is 3.49.